The van der Waals surface area contributed by atoms with Gasteiger partial charge in [0.05, 0.1) is 11.1 Å². The molecule has 14 heavy (non-hydrogen) atoms. The second-order valence-corrected chi connectivity index (χ2v) is 2.92. The van der Waals surface area contributed by atoms with Crippen LogP contribution in [0.4, 0.5) is 0 Å². The van der Waals surface area contributed by atoms with Crippen LogP contribution in [0.1, 0.15) is 13.8 Å². The Bertz CT molecular complexity index is 281. The van der Waals surface area contributed by atoms with Gasteiger partial charge in [0.15, 0.2) is 0 Å². The van der Waals surface area contributed by atoms with Crippen molar-refractivity contribution in [1.82, 2.24) is 0 Å². The molecule has 0 rings (SSSR count). The first-order valence-electron chi connectivity index (χ1n) is 3.81. The second-order valence-electron chi connectivity index (χ2n) is 2.92. The minimum absolute atomic E-state index is 0.193. The molecule has 0 fully saturated rings. The van der Waals surface area contributed by atoms with Gasteiger partial charge in [-0.15, -0.1) is 0 Å². The Labute approximate surface area is 81.9 Å². The molecule has 0 amide bonds. The molecule has 0 aliphatic rings. The number of carboxylic acids is 2. The molecule has 76 valence electrons. The summed E-state index contributed by atoms with van der Waals surface area (Å²) in [6.45, 7) is 9.72. The van der Waals surface area contributed by atoms with Crippen molar-refractivity contribution in [3.8, 4) is 0 Å². The number of hydrogen-bond donors (Lipinski definition) is 2. The highest BCUT2D eigenvalue weighted by Crippen LogP contribution is 2.19. The largest absolute Gasteiger partial charge is 0.478 e. The molecule has 0 saturated carbocycles. The average Bonchev–Trinajstić information content (AvgIpc) is 1.96. The molecule has 0 spiro atoms. The van der Waals surface area contributed by atoms with E-state index in [1.807, 2.05) is 0 Å². The SMILES string of the molecule is C=C(C)C(C(=O)O)=C(C(=C)C)C(=O)O. The van der Waals surface area contributed by atoms with Crippen molar-refractivity contribution in [2.24, 2.45) is 0 Å². The molecular weight excluding hydrogens is 184 g/mol. The van der Waals surface area contributed by atoms with Gasteiger partial charge >= 0.3 is 11.9 Å². The fourth-order valence-electron chi connectivity index (χ4n) is 1.01. The molecule has 0 aliphatic carbocycles. The van der Waals surface area contributed by atoms with Crippen molar-refractivity contribution in [3.05, 3.63) is 35.5 Å². The number of aliphatic carboxylic acids is 2. The van der Waals surface area contributed by atoms with Crippen LogP contribution in [0.15, 0.2) is 35.5 Å². The molecule has 0 radical (unpaired) electrons. The first-order valence-corrected chi connectivity index (χ1v) is 3.81. The van der Waals surface area contributed by atoms with Crippen molar-refractivity contribution in [3.63, 3.8) is 0 Å². The van der Waals surface area contributed by atoms with Crippen LogP contribution in [0, 0.1) is 0 Å². The normalized spacial score (nSPS) is 11.6. The maximum absolute atomic E-state index is 10.8. The van der Waals surface area contributed by atoms with Gasteiger partial charge in [0, 0.05) is 0 Å². The van der Waals surface area contributed by atoms with Gasteiger partial charge in [-0.2, -0.15) is 0 Å². The zero-order valence-corrected chi connectivity index (χ0v) is 8.13. The van der Waals surface area contributed by atoms with E-state index in [0.29, 0.717) is 0 Å². The van der Waals surface area contributed by atoms with Gasteiger partial charge in [0.1, 0.15) is 0 Å². The predicted molar refractivity (Wildman–Crippen MR) is 51.9 cm³/mol. The number of rotatable bonds is 4. The Morgan fingerprint density at radius 2 is 1.07 bits per heavy atom. The van der Waals surface area contributed by atoms with Crippen molar-refractivity contribution in [2.45, 2.75) is 13.8 Å². The summed E-state index contributed by atoms with van der Waals surface area (Å²) in [7, 11) is 0. The van der Waals surface area contributed by atoms with E-state index in [0.717, 1.165) is 0 Å². The molecule has 0 unspecified atom stereocenters. The smallest absolute Gasteiger partial charge is 0.336 e. The van der Waals surface area contributed by atoms with Crippen molar-refractivity contribution >= 4 is 11.9 Å². The van der Waals surface area contributed by atoms with Crippen LogP contribution < -0.4 is 0 Å². The predicted octanol–water partition coefficient (Wildman–Crippen LogP) is 1.60. The van der Waals surface area contributed by atoms with Crippen LogP contribution >= 0.6 is 0 Å². The molecule has 4 nitrogen and oxygen atoms in total. The molecule has 0 aliphatic heterocycles. The van der Waals surface area contributed by atoms with E-state index in [9.17, 15) is 9.59 Å². The Morgan fingerprint density at radius 3 is 1.14 bits per heavy atom. The lowest BCUT2D eigenvalue weighted by Crippen LogP contribution is -2.12. The fourth-order valence-corrected chi connectivity index (χ4v) is 1.01. The summed E-state index contributed by atoms with van der Waals surface area (Å²) in [5, 5.41) is 17.6. The lowest BCUT2D eigenvalue weighted by Gasteiger charge is -2.07. The third kappa shape index (κ3) is 2.58. The maximum atomic E-state index is 10.8. The van der Waals surface area contributed by atoms with E-state index < -0.39 is 11.9 Å². The summed E-state index contributed by atoms with van der Waals surface area (Å²) in [6, 6.07) is 0. The van der Waals surface area contributed by atoms with Crippen molar-refractivity contribution < 1.29 is 19.8 Å². The maximum Gasteiger partial charge on any atom is 0.336 e. The van der Waals surface area contributed by atoms with Crippen molar-refractivity contribution in [1.29, 1.82) is 0 Å². The molecule has 0 aromatic rings. The van der Waals surface area contributed by atoms with Crippen molar-refractivity contribution in [2.75, 3.05) is 0 Å². The van der Waals surface area contributed by atoms with Crippen LogP contribution in [-0.2, 0) is 9.59 Å². The summed E-state index contributed by atoms with van der Waals surface area (Å²) in [5.41, 5.74) is -0.217. The number of hydrogen-bond acceptors (Lipinski definition) is 2. The second kappa shape index (κ2) is 4.41. The molecule has 4 heteroatoms. The highest BCUT2D eigenvalue weighted by molar-refractivity contribution is 6.04. The van der Waals surface area contributed by atoms with Gasteiger partial charge in [-0.3, -0.25) is 0 Å². The summed E-state index contributed by atoms with van der Waals surface area (Å²) < 4.78 is 0. The summed E-state index contributed by atoms with van der Waals surface area (Å²) in [6.07, 6.45) is 0. The molecule has 0 aromatic heterocycles. The van der Waals surface area contributed by atoms with Crippen LogP contribution in [0.3, 0.4) is 0 Å². The topological polar surface area (TPSA) is 74.6 Å². The average molecular weight is 196 g/mol. The van der Waals surface area contributed by atoms with Gasteiger partial charge in [-0.05, 0) is 25.0 Å². The van der Waals surface area contributed by atoms with E-state index in [4.69, 9.17) is 10.2 Å². The monoisotopic (exact) mass is 196 g/mol. The minimum atomic E-state index is -1.31. The molecule has 0 saturated heterocycles. The highest BCUT2D eigenvalue weighted by atomic mass is 16.4. The first kappa shape index (κ1) is 12.2. The van der Waals surface area contributed by atoms with E-state index in [1.54, 1.807) is 0 Å². The van der Waals surface area contributed by atoms with Gasteiger partial charge < -0.3 is 10.2 Å². The quantitative estimate of drug-likeness (QED) is 0.529. The molecule has 0 heterocycles. The van der Waals surface area contributed by atoms with Crippen LogP contribution in [0.5, 0.6) is 0 Å². The van der Waals surface area contributed by atoms with E-state index in [-0.39, 0.29) is 22.3 Å². The van der Waals surface area contributed by atoms with Crippen LogP contribution in [-0.4, -0.2) is 22.2 Å². The lowest BCUT2D eigenvalue weighted by molar-refractivity contribution is -0.135. The van der Waals surface area contributed by atoms with E-state index >= 15 is 0 Å². The zero-order chi connectivity index (χ0) is 11.5. The molecule has 0 aromatic carbocycles. The summed E-state index contributed by atoms with van der Waals surface area (Å²) in [4.78, 5) is 21.5. The Morgan fingerprint density at radius 1 is 0.857 bits per heavy atom. The molecule has 0 atom stereocenters. The zero-order valence-electron chi connectivity index (χ0n) is 8.13. The Balaban J connectivity index is 5.76. The standard InChI is InChI=1S/C10H12O4/c1-5(2)7(9(11)12)8(6(3)4)10(13)14/h1,3H2,2,4H3,(H,11,12)(H,13,14). The van der Waals surface area contributed by atoms with Gasteiger partial charge in [-0.1, -0.05) is 13.2 Å². The summed E-state index contributed by atoms with van der Waals surface area (Å²) >= 11 is 0. The third-order valence-electron chi connectivity index (χ3n) is 1.53. The van der Waals surface area contributed by atoms with Gasteiger partial charge in [0.25, 0.3) is 0 Å². The lowest BCUT2D eigenvalue weighted by atomic mass is 9.98. The molecule has 0 bridgehead atoms. The van der Waals surface area contributed by atoms with Gasteiger partial charge in [-0.25, -0.2) is 9.59 Å². The molecular formula is C10H12O4. The fraction of sp³-hybridized carbons (Fsp3) is 0.200. The Kier molecular flexibility index (Phi) is 3.83. The van der Waals surface area contributed by atoms with Crippen LogP contribution in [0.2, 0.25) is 0 Å². The first-order chi connectivity index (χ1) is 6.29. The van der Waals surface area contributed by atoms with Gasteiger partial charge in [0.2, 0.25) is 0 Å². The highest BCUT2D eigenvalue weighted by Gasteiger charge is 2.20. The third-order valence-corrected chi connectivity index (χ3v) is 1.53. The number of carboxylic acid groups (broad SMARTS) is 2. The van der Waals surface area contributed by atoms with E-state index in [1.165, 1.54) is 13.8 Å². The van der Waals surface area contributed by atoms with Crippen LogP contribution in [0.25, 0.3) is 0 Å². The summed E-state index contributed by atoms with van der Waals surface area (Å²) in [5.74, 6) is -2.61. The molecule has 2 N–H and O–H groups in total. The minimum Gasteiger partial charge on any atom is -0.478 e. The Hall–Kier alpha value is -1.84. The van der Waals surface area contributed by atoms with E-state index in [2.05, 4.69) is 13.2 Å². The number of carbonyl (C=O) groups is 2.